The fourth-order valence-corrected chi connectivity index (χ4v) is 3.39. The lowest BCUT2D eigenvalue weighted by atomic mass is 10.0. The number of carbonyl (C=O) groups excluding carboxylic acids is 1. The number of amides is 1. The summed E-state index contributed by atoms with van der Waals surface area (Å²) < 4.78 is 0. The summed E-state index contributed by atoms with van der Waals surface area (Å²) in [5.41, 5.74) is 0.0156. The summed E-state index contributed by atoms with van der Waals surface area (Å²) in [6.07, 6.45) is 0.970. The van der Waals surface area contributed by atoms with E-state index in [1.807, 2.05) is 6.92 Å². The van der Waals surface area contributed by atoms with Crippen LogP contribution in [0.2, 0.25) is 0 Å². The lowest BCUT2D eigenvalue weighted by Crippen LogP contribution is -2.42. The molecule has 3 rings (SSSR count). The number of nitrogens with zero attached hydrogens (tertiary/aromatic N) is 1. The van der Waals surface area contributed by atoms with Crippen LogP contribution in [0.5, 0.6) is 11.5 Å². The molecule has 0 aliphatic carbocycles. The van der Waals surface area contributed by atoms with Gasteiger partial charge < -0.3 is 20.4 Å². The average molecular weight is 262 g/mol. The molecule has 2 saturated heterocycles. The van der Waals surface area contributed by atoms with Gasteiger partial charge in [-0.1, -0.05) is 6.07 Å². The standard InChI is InChI=1S/C14H18N2O3/c1-8-5-9-6-15-7-10(9)16(8)14(19)13-11(17)3-2-4-12(13)18/h2-4,8-10,15,17-18H,5-7H2,1H3. The van der Waals surface area contributed by atoms with Gasteiger partial charge in [-0.15, -0.1) is 0 Å². The molecule has 2 aliphatic rings. The SMILES string of the molecule is CC1CC2CNCC2N1C(=O)c1c(O)cccc1O. The van der Waals surface area contributed by atoms with Gasteiger partial charge in [-0.25, -0.2) is 0 Å². The summed E-state index contributed by atoms with van der Waals surface area (Å²) in [5.74, 6) is -0.121. The van der Waals surface area contributed by atoms with Crippen LogP contribution >= 0.6 is 0 Å². The van der Waals surface area contributed by atoms with Crippen molar-refractivity contribution in [2.75, 3.05) is 13.1 Å². The maximum Gasteiger partial charge on any atom is 0.261 e. The first-order chi connectivity index (χ1) is 9.09. The largest absolute Gasteiger partial charge is 0.507 e. The Morgan fingerprint density at radius 1 is 1.32 bits per heavy atom. The van der Waals surface area contributed by atoms with Gasteiger partial charge in [0.1, 0.15) is 17.1 Å². The van der Waals surface area contributed by atoms with Gasteiger partial charge in [0, 0.05) is 25.2 Å². The molecular formula is C14H18N2O3. The Hall–Kier alpha value is -1.75. The van der Waals surface area contributed by atoms with E-state index in [2.05, 4.69) is 5.32 Å². The molecule has 2 fully saturated rings. The zero-order valence-corrected chi connectivity index (χ0v) is 10.8. The van der Waals surface area contributed by atoms with Crippen molar-refractivity contribution in [3.05, 3.63) is 23.8 Å². The Morgan fingerprint density at radius 3 is 2.68 bits per heavy atom. The third-order valence-corrected chi connectivity index (χ3v) is 4.25. The molecule has 19 heavy (non-hydrogen) atoms. The van der Waals surface area contributed by atoms with E-state index in [0.29, 0.717) is 5.92 Å². The number of phenols is 2. The molecular weight excluding hydrogens is 244 g/mol. The highest BCUT2D eigenvalue weighted by atomic mass is 16.3. The summed E-state index contributed by atoms with van der Waals surface area (Å²) in [4.78, 5) is 14.4. The van der Waals surface area contributed by atoms with E-state index >= 15 is 0 Å². The molecule has 2 aliphatic heterocycles. The van der Waals surface area contributed by atoms with Crippen LogP contribution in [0.1, 0.15) is 23.7 Å². The average Bonchev–Trinajstić information content (AvgIpc) is 2.87. The number of benzene rings is 1. The van der Waals surface area contributed by atoms with Crippen LogP contribution < -0.4 is 5.32 Å². The van der Waals surface area contributed by atoms with E-state index in [4.69, 9.17) is 0 Å². The third-order valence-electron chi connectivity index (χ3n) is 4.25. The number of carbonyl (C=O) groups is 1. The molecule has 0 aromatic heterocycles. The van der Waals surface area contributed by atoms with Gasteiger partial charge in [0.15, 0.2) is 0 Å². The van der Waals surface area contributed by atoms with E-state index in [-0.39, 0.29) is 35.1 Å². The normalized spacial score (nSPS) is 29.5. The summed E-state index contributed by atoms with van der Waals surface area (Å²) in [6.45, 7) is 3.74. The number of phenolic OH excluding ortho intramolecular Hbond substituents is 2. The van der Waals surface area contributed by atoms with Crippen LogP contribution in [-0.4, -0.2) is 46.2 Å². The zero-order chi connectivity index (χ0) is 13.6. The van der Waals surface area contributed by atoms with Crippen LogP contribution in [0.25, 0.3) is 0 Å². The first kappa shape index (κ1) is 12.3. The lowest BCUT2D eigenvalue weighted by Gasteiger charge is -2.28. The number of likely N-dealkylation sites (tertiary alicyclic amines) is 1. The molecule has 1 aromatic rings. The fraction of sp³-hybridized carbons (Fsp3) is 0.500. The molecule has 3 unspecified atom stereocenters. The highest BCUT2D eigenvalue weighted by Gasteiger charge is 2.45. The van der Waals surface area contributed by atoms with Crippen molar-refractivity contribution in [1.82, 2.24) is 10.2 Å². The predicted molar refractivity (Wildman–Crippen MR) is 70.2 cm³/mol. The maximum atomic E-state index is 12.6. The number of hydrogen-bond donors (Lipinski definition) is 3. The van der Waals surface area contributed by atoms with Gasteiger partial charge in [0.25, 0.3) is 5.91 Å². The minimum absolute atomic E-state index is 0.0156. The monoisotopic (exact) mass is 262 g/mol. The molecule has 2 heterocycles. The molecule has 1 amide bonds. The molecule has 0 spiro atoms. The summed E-state index contributed by atoms with van der Waals surface area (Å²) in [6, 6.07) is 4.69. The first-order valence-corrected chi connectivity index (χ1v) is 6.64. The Balaban J connectivity index is 1.95. The van der Waals surface area contributed by atoms with Crippen LogP contribution in [0.3, 0.4) is 0 Å². The Kier molecular flexibility index (Phi) is 2.86. The summed E-state index contributed by atoms with van der Waals surface area (Å²) in [7, 11) is 0. The molecule has 5 heteroatoms. The first-order valence-electron chi connectivity index (χ1n) is 6.64. The van der Waals surface area contributed by atoms with E-state index < -0.39 is 0 Å². The van der Waals surface area contributed by atoms with Gasteiger partial charge in [0.2, 0.25) is 0 Å². The van der Waals surface area contributed by atoms with E-state index in [9.17, 15) is 15.0 Å². The molecule has 0 bridgehead atoms. The minimum atomic E-state index is -0.278. The van der Waals surface area contributed by atoms with Gasteiger partial charge >= 0.3 is 0 Å². The third kappa shape index (κ3) is 1.85. The molecule has 0 saturated carbocycles. The molecule has 5 nitrogen and oxygen atoms in total. The van der Waals surface area contributed by atoms with Crippen molar-refractivity contribution in [3.8, 4) is 11.5 Å². The van der Waals surface area contributed by atoms with Crippen LogP contribution in [-0.2, 0) is 0 Å². The number of hydrogen-bond acceptors (Lipinski definition) is 4. The fourth-order valence-electron chi connectivity index (χ4n) is 3.39. The highest BCUT2D eigenvalue weighted by Crippen LogP contribution is 2.36. The minimum Gasteiger partial charge on any atom is -0.507 e. The second-order valence-corrected chi connectivity index (χ2v) is 5.45. The molecule has 102 valence electrons. The highest BCUT2D eigenvalue weighted by molar-refractivity contribution is 6.00. The number of aromatic hydroxyl groups is 2. The van der Waals surface area contributed by atoms with Crippen LogP contribution in [0, 0.1) is 5.92 Å². The maximum absolute atomic E-state index is 12.6. The lowest BCUT2D eigenvalue weighted by molar-refractivity contribution is 0.0676. The molecule has 1 aromatic carbocycles. The van der Waals surface area contributed by atoms with Crippen molar-refractivity contribution in [2.45, 2.75) is 25.4 Å². The van der Waals surface area contributed by atoms with Crippen molar-refractivity contribution in [3.63, 3.8) is 0 Å². The van der Waals surface area contributed by atoms with Crippen molar-refractivity contribution in [1.29, 1.82) is 0 Å². The predicted octanol–water partition coefficient (Wildman–Crippen LogP) is 0.920. The Bertz CT molecular complexity index is 497. The van der Waals surface area contributed by atoms with Crippen molar-refractivity contribution >= 4 is 5.91 Å². The van der Waals surface area contributed by atoms with E-state index in [0.717, 1.165) is 19.5 Å². The smallest absolute Gasteiger partial charge is 0.261 e. The van der Waals surface area contributed by atoms with Crippen molar-refractivity contribution in [2.24, 2.45) is 5.92 Å². The molecule has 3 N–H and O–H groups in total. The van der Waals surface area contributed by atoms with Gasteiger partial charge in [-0.05, 0) is 31.4 Å². The number of fused-ring (bicyclic) bond motifs is 1. The second kappa shape index (κ2) is 4.42. The second-order valence-electron chi connectivity index (χ2n) is 5.45. The Labute approximate surface area is 111 Å². The van der Waals surface area contributed by atoms with Gasteiger partial charge in [-0.3, -0.25) is 4.79 Å². The van der Waals surface area contributed by atoms with Crippen LogP contribution in [0.15, 0.2) is 18.2 Å². The van der Waals surface area contributed by atoms with Crippen LogP contribution in [0.4, 0.5) is 0 Å². The van der Waals surface area contributed by atoms with Gasteiger partial charge in [0.05, 0.1) is 0 Å². The quantitative estimate of drug-likeness (QED) is 0.703. The van der Waals surface area contributed by atoms with Gasteiger partial charge in [-0.2, -0.15) is 0 Å². The zero-order valence-electron chi connectivity index (χ0n) is 10.8. The Morgan fingerprint density at radius 2 is 2.00 bits per heavy atom. The van der Waals surface area contributed by atoms with E-state index in [1.54, 1.807) is 4.90 Å². The summed E-state index contributed by atoms with van der Waals surface area (Å²) >= 11 is 0. The summed E-state index contributed by atoms with van der Waals surface area (Å²) in [5, 5.41) is 22.9. The van der Waals surface area contributed by atoms with E-state index in [1.165, 1.54) is 18.2 Å². The molecule has 0 radical (unpaired) electrons. The molecule has 3 atom stereocenters. The topological polar surface area (TPSA) is 72.8 Å². The van der Waals surface area contributed by atoms with Crippen molar-refractivity contribution < 1.29 is 15.0 Å². The number of nitrogens with one attached hydrogen (secondary N) is 1. The number of rotatable bonds is 1.